The van der Waals surface area contributed by atoms with Crippen molar-refractivity contribution in [2.24, 2.45) is 28.6 Å². The molecule has 356 valence electrons. The Morgan fingerprint density at radius 3 is 2.48 bits per heavy atom. The van der Waals surface area contributed by atoms with Gasteiger partial charge >= 0.3 is 5.97 Å². The number of pyridine rings is 1. The molecule has 65 heavy (non-hydrogen) atoms. The van der Waals surface area contributed by atoms with E-state index in [1.165, 1.54) is 24.9 Å². The maximum atomic E-state index is 15.1. The summed E-state index contributed by atoms with van der Waals surface area (Å²) in [7, 11) is -2.69. The number of fused-ring (bicyclic) bond motifs is 5. The number of ether oxygens (including phenoxy) is 4. The molecule has 1 N–H and O–H groups in total. The number of ketones is 1. The number of likely N-dealkylation sites (tertiary alicyclic amines) is 1. The Morgan fingerprint density at radius 1 is 1.02 bits per heavy atom. The normalized spacial score (nSPS) is 29.8. The molecule has 0 spiro atoms. The molecule has 6 aliphatic rings. The number of para-hydroxylation sites is 1. The number of nitrogens with zero attached hydrogens (tertiary/aromatic N) is 3. The minimum absolute atomic E-state index is 0.0403. The predicted molar refractivity (Wildman–Crippen MR) is 246 cm³/mol. The number of aromatic nitrogens is 1. The van der Waals surface area contributed by atoms with Gasteiger partial charge in [0.25, 0.3) is 0 Å². The number of carbonyl (C=O) groups excluding carboxylic acids is 4. The van der Waals surface area contributed by atoms with Gasteiger partial charge < -0.3 is 23.8 Å². The van der Waals surface area contributed by atoms with Crippen molar-refractivity contribution in [2.45, 2.75) is 147 Å². The SMILES string of the molecule is C=C[C@@H]1C[C@]1(CC(=O)[C@@H]1C[C@@H]2CN1C(=O)[C@H](C(C)(C)C)CC(=O)O[C@@H]1CCC[C@H]1CCCCCc1c(nc3ccccc3c1OCCN1CCCC1)O2)C(=O)NS(=O)(=O)C1(COC)CC1. The summed E-state index contributed by atoms with van der Waals surface area (Å²) in [6, 6.07) is 6.87. The summed E-state index contributed by atoms with van der Waals surface area (Å²) in [6.07, 6.45) is 10.9. The van der Waals surface area contributed by atoms with Gasteiger partial charge in [0.05, 0.1) is 48.0 Å². The van der Waals surface area contributed by atoms with Gasteiger partial charge in [-0.25, -0.2) is 13.4 Å². The van der Waals surface area contributed by atoms with E-state index in [1.807, 2.05) is 45.0 Å². The van der Waals surface area contributed by atoms with Crippen molar-refractivity contribution in [1.29, 1.82) is 0 Å². The van der Waals surface area contributed by atoms with Crippen LogP contribution in [0.5, 0.6) is 11.6 Å². The van der Waals surface area contributed by atoms with Crippen LogP contribution < -0.4 is 14.2 Å². The molecule has 1 aromatic carbocycles. The van der Waals surface area contributed by atoms with Gasteiger partial charge in [-0.1, -0.05) is 51.8 Å². The molecule has 2 amide bonds. The largest absolute Gasteiger partial charge is 0.491 e. The van der Waals surface area contributed by atoms with Gasteiger partial charge in [0, 0.05) is 31.9 Å². The molecule has 4 heterocycles. The molecule has 5 fully saturated rings. The smallest absolute Gasteiger partial charge is 0.306 e. The molecule has 8 rings (SSSR count). The van der Waals surface area contributed by atoms with Crippen LogP contribution in [0, 0.1) is 28.6 Å². The lowest BCUT2D eigenvalue weighted by Crippen LogP contribution is -2.49. The van der Waals surface area contributed by atoms with Crippen molar-refractivity contribution in [3.8, 4) is 11.6 Å². The Balaban J connectivity index is 1.13. The van der Waals surface area contributed by atoms with Crippen LogP contribution in [0.1, 0.15) is 123 Å². The number of methoxy groups -OCH3 is 1. The fraction of sp³-hybridized carbons (Fsp3) is 0.700. The van der Waals surface area contributed by atoms with Crippen LogP contribution in [0.4, 0.5) is 0 Å². The first-order chi connectivity index (χ1) is 31.1. The van der Waals surface area contributed by atoms with Crippen LogP contribution in [0.3, 0.4) is 0 Å². The second-order valence-corrected chi connectivity index (χ2v) is 23.0. The summed E-state index contributed by atoms with van der Waals surface area (Å²) in [5.74, 6) is -1.76. The number of carbonyl (C=O) groups is 4. The first-order valence-electron chi connectivity index (χ1n) is 24.2. The van der Waals surface area contributed by atoms with Crippen molar-refractivity contribution in [3.63, 3.8) is 0 Å². The standard InChI is InChI=1S/C50H70N4O10S/c1-6-34-29-50(34,47(58)52-65(59,60)49(21-22-49)32-61-5)30-41(55)40-27-35-31-54(40)46(57)38(48(2,3)4)28-43(56)64-42-20-14-16-33(42)15-8-7-9-18-37-44(62-26-25-53-23-12-13-24-53)36-17-10-11-19-39(36)51-45(37)63-35/h6,10-11,17,19,33-35,38,40,42H,1,7-9,12-16,18,20-32H2,2-5H3,(H,52,58)/t33-,34-,35-,38-,40+,42-,50-/m1/s1. The van der Waals surface area contributed by atoms with Crippen molar-refractivity contribution < 1.29 is 46.5 Å². The minimum atomic E-state index is -4.11. The molecule has 2 bridgehead atoms. The Labute approximate surface area is 385 Å². The quantitative estimate of drug-likeness (QED) is 0.167. The van der Waals surface area contributed by atoms with E-state index in [0.29, 0.717) is 37.3 Å². The topological polar surface area (TPSA) is 171 Å². The van der Waals surface area contributed by atoms with Crippen molar-refractivity contribution in [3.05, 3.63) is 42.5 Å². The third kappa shape index (κ3) is 10.1. The van der Waals surface area contributed by atoms with Gasteiger partial charge in [-0.3, -0.25) is 28.8 Å². The number of amides is 2. The van der Waals surface area contributed by atoms with Crippen LogP contribution in [-0.2, 0) is 45.1 Å². The summed E-state index contributed by atoms with van der Waals surface area (Å²) in [5.41, 5.74) is -0.459. The molecule has 15 heteroatoms. The highest BCUT2D eigenvalue weighted by atomic mass is 32.2. The average molecular weight is 919 g/mol. The second kappa shape index (κ2) is 19.3. The maximum Gasteiger partial charge on any atom is 0.306 e. The Hall–Kier alpha value is -4.08. The average Bonchev–Trinajstić information content (AvgIpc) is 3.95. The lowest BCUT2D eigenvalue weighted by Gasteiger charge is -2.35. The number of sulfonamides is 1. The van der Waals surface area contributed by atoms with E-state index >= 15 is 4.79 Å². The number of rotatable bonds is 13. The van der Waals surface area contributed by atoms with Crippen LogP contribution in [-0.4, -0.2) is 116 Å². The maximum absolute atomic E-state index is 15.1. The van der Waals surface area contributed by atoms with Gasteiger partial charge in [0.2, 0.25) is 27.7 Å². The van der Waals surface area contributed by atoms with Crippen molar-refractivity contribution in [2.75, 3.05) is 46.5 Å². The summed E-state index contributed by atoms with van der Waals surface area (Å²) in [5, 5.41) is 0.903. The molecule has 7 atom stereocenters. The Morgan fingerprint density at radius 2 is 1.77 bits per heavy atom. The first kappa shape index (κ1) is 47.4. The predicted octanol–water partition coefficient (Wildman–Crippen LogP) is 6.72. The molecule has 3 aliphatic heterocycles. The Bertz CT molecular complexity index is 2230. The molecule has 2 saturated heterocycles. The van der Waals surface area contributed by atoms with E-state index in [4.69, 9.17) is 23.9 Å². The zero-order valence-corrected chi connectivity index (χ0v) is 39.8. The van der Waals surface area contributed by atoms with E-state index in [1.54, 1.807) is 6.08 Å². The van der Waals surface area contributed by atoms with Gasteiger partial charge in [0.15, 0.2) is 5.78 Å². The van der Waals surface area contributed by atoms with E-state index in [0.717, 1.165) is 81.3 Å². The van der Waals surface area contributed by atoms with Crippen LogP contribution in [0.15, 0.2) is 36.9 Å². The van der Waals surface area contributed by atoms with E-state index in [9.17, 15) is 22.8 Å². The number of hydrogen-bond acceptors (Lipinski definition) is 12. The molecule has 0 radical (unpaired) electrons. The number of nitrogens with one attached hydrogen (secondary N) is 1. The summed E-state index contributed by atoms with van der Waals surface area (Å²) in [6.45, 7) is 13.1. The third-order valence-electron chi connectivity index (χ3n) is 15.4. The van der Waals surface area contributed by atoms with Crippen LogP contribution in [0.25, 0.3) is 10.9 Å². The molecule has 14 nitrogen and oxygen atoms in total. The molecule has 2 aromatic rings. The number of allylic oxidation sites excluding steroid dienone is 1. The second-order valence-electron chi connectivity index (χ2n) is 21.0. The number of hydrogen-bond donors (Lipinski definition) is 1. The number of esters is 1. The fourth-order valence-corrected chi connectivity index (χ4v) is 12.7. The van der Waals surface area contributed by atoms with Gasteiger partial charge in [-0.15, -0.1) is 6.58 Å². The van der Waals surface area contributed by atoms with Crippen LogP contribution in [0.2, 0.25) is 0 Å². The lowest BCUT2D eigenvalue weighted by atomic mass is 9.77. The van der Waals surface area contributed by atoms with Crippen molar-refractivity contribution >= 4 is 44.5 Å². The van der Waals surface area contributed by atoms with E-state index < -0.39 is 61.5 Å². The first-order valence-corrected chi connectivity index (χ1v) is 25.7. The third-order valence-corrected chi connectivity index (χ3v) is 17.5. The summed E-state index contributed by atoms with van der Waals surface area (Å²) in [4.78, 5) is 67.0. The van der Waals surface area contributed by atoms with E-state index in [-0.39, 0.29) is 62.5 Å². The van der Waals surface area contributed by atoms with Crippen molar-refractivity contribution in [1.82, 2.24) is 19.5 Å². The molecular formula is C50H70N4O10S. The molecule has 3 saturated carbocycles. The molecule has 1 aromatic heterocycles. The van der Waals surface area contributed by atoms with Crippen LogP contribution >= 0.6 is 0 Å². The van der Waals surface area contributed by atoms with Gasteiger partial charge in [-0.2, -0.15) is 0 Å². The summed E-state index contributed by atoms with van der Waals surface area (Å²) >= 11 is 0. The van der Waals surface area contributed by atoms with Gasteiger partial charge in [0.1, 0.15) is 29.3 Å². The highest BCUT2D eigenvalue weighted by Crippen LogP contribution is 2.57. The monoisotopic (exact) mass is 918 g/mol. The fourth-order valence-electron chi connectivity index (χ4n) is 11.1. The number of Topliss-reactive ketones (excluding diaryl/α,β-unsaturated/α-hetero) is 1. The molecular weight excluding hydrogens is 849 g/mol. The highest BCUT2D eigenvalue weighted by molar-refractivity contribution is 7.91. The minimum Gasteiger partial charge on any atom is -0.491 e. The zero-order chi connectivity index (χ0) is 46.1. The number of benzene rings is 1. The van der Waals surface area contributed by atoms with Gasteiger partial charge in [-0.05, 0) is 113 Å². The highest BCUT2D eigenvalue weighted by Gasteiger charge is 2.63. The Kier molecular flexibility index (Phi) is 14.1. The van der Waals surface area contributed by atoms with E-state index in [2.05, 4.69) is 16.2 Å². The zero-order valence-electron chi connectivity index (χ0n) is 38.9. The lowest BCUT2D eigenvalue weighted by molar-refractivity contribution is -0.158. The molecule has 0 unspecified atom stereocenters. The molecule has 3 aliphatic carbocycles. The summed E-state index contributed by atoms with van der Waals surface area (Å²) < 4.78 is 53.3.